The van der Waals surface area contributed by atoms with E-state index < -0.39 is 24.1 Å². The standard InChI is InChI=1S/C15H16N4O3/c1-2-6-13(17-18-16)14(20)19-12(10-22-15(19)21)9-11-7-4-3-5-8-11/h2-5,7-8,12-13H,1,6,9-10H2/t12-,13-/m0/s1. The number of carbonyl (C=O) groups is 2. The van der Waals surface area contributed by atoms with Crippen LogP contribution in [0.4, 0.5) is 4.79 Å². The number of rotatable bonds is 6. The molecule has 2 amide bonds. The van der Waals surface area contributed by atoms with Crippen LogP contribution in [0.25, 0.3) is 10.4 Å². The fourth-order valence-electron chi connectivity index (χ4n) is 2.35. The molecule has 0 bridgehead atoms. The van der Waals surface area contributed by atoms with E-state index >= 15 is 0 Å². The Kier molecular flexibility index (Phi) is 5.16. The van der Waals surface area contributed by atoms with Crippen molar-refractivity contribution in [3.8, 4) is 0 Å². The van der Waals surface area contributed by atoms with Crippen LogP contribution in [0.5, 0.6) is 0 Å². The Morgan fingerprint density at radius 1 is 1.55 bits per heavy atom. The first-order valence-corrected chi connectivity index (χ1v) is 6.86. The van der Waals surface area contributed by atoms with E-state index in [9.17, 15) is 9.59 Å². The van der Waals surface area contributed by atoms with Gasteiger partial charge in [0.1, 0.15) is 12.6 Å². The highest BCUT2D eigenvalue weighted by molar-refractivity contribution is 5.96. The van der Waals surface area contributed by atoms with Gasteiger partial charge in [0.15, 0.2) is 0 Å². The molecule has 114 valence electrons. The van der Waals surface area contributed by atoms with Crippen molar-refractivity contribution in [2.75, 3.05) is 6.61 Å². The number of benzene rings is 1. The minimum Gasteiger partial charge on any atom is -0.447 e. The number of cyclic esters (lactones) is 1. The Morgan fingerprint density at radius 2 is 2.27 bits per heavy atom. The molecule has 7 heteroatoms. The lowest BCUT2D eigenvalue weighted by Crippen LogP contribution is -2.44. The summed E-state index contributed by atoms with van der Waals surface area (Å²) in [7, 11) is 0. The van der Waals surface area contributed by atoms with Crippen LogP contribution in [0.2, 0.25) is 0 Å². The molecule has 0 unspecified atom stereocenters. The molecule has 0 N–H and O–H groups in total. The van der Waals surface area contributed by atoms with E-state index in [-0.39, 0.29) is 13.0 Å². The van der Waals surface area contributed by atoms with Crippen molar-refractivity contribution in [3.05, 3.63) is 59.0 Å². The van der Waals surface area contributed by atoms with E-state index in [0.717, 1.165) is 10.5 Å². The molecule has 2 atom stereocenters. The monoisotopic (exact) mass is 300 g/mol. The minimum absolute atomic E-state index is 0.135. The maximum atomic E-state index is 12.4. The normalized spacial score (nSPS) is 18.3. The first kappa shape index (κ1) is 15.6. The summed E-state index contributed by atoms with van der Waals surface area (Å²) in [4.78, 5) is 28.0. The summed E-state index contributed by atoms with van der Waals surface area (Å²) in [6.45, 7) is 3.66. The summed E-state index contributed by atoms with van der Waals surface area (Å²) in [5.41, 5.74) is 9.55. The summed E-state index contributed by atoms with van der Waals surface area (Å²) < 4.78 is 4.98. The zero-order valence-corrected chi connectivity index (χ0v) is 12.0. The molecular weight excluding hydrogens is 284 g/mol. The first-order chi connectivity index (χ1) is 10.7. The Balaban J connectivity index is 2.18. The van der Waals surface area contributed by atoms with Crippen LogP contribution in [0.1, 0.15) is 12.0 Å². The van der Waals surface area contributed by atoms with E-state index in [1.807, 2.05) is 30.3 Å². The summed E-state index contributed by atoms with van der Waals surface area (Å²) in [5, 5.41) is 3.44. The van der Waals surface area contributed by atoms with Crippen molar-refractivity contribution < 1.29 is 14.3 Å². The van der Waals surface area contributed by atoms with Crippen LogP contribution in [-0.2, 0) is 16.0 Å². The summed E-state index contributed by atoms with van der Waals surface area (Å²) in [5.74, 6) is -0.555. The molecule has 1 fully saturated rings. The number of hydrogen-bond acceptors (Lipinski definition) is 4. The van der Waals surface area contributed by atoms with Gasteiger partial charge in [0.2, 0.25) is 5.91 Å². The van der Waals surface area contributed by atoms with Gasteiger partial charge in [-0.2, -0.15) is 0 Å². The highest BCUT2D eigenvalue weighted by Crippen LogP contribution is 2.20. The van der Waals surface area contributed by atoms with Gasteiger partial charge in [-0.05, 0) is 23.9 Å². The Hall–Kier alpha value is -2.79. The maximum absolute atomic E-state index is 12.4. The van der Waals surface area contributed by atoms with Gasteiger partial charge < -0.3 is 4.74 Å². The highest BCUT2D eigenvalue weighted by Gasteiger charge is 2.40. The molecule has 1 aliphatic rings. The van der Waals surface area contributed by atoms with Crippen molar-refractivity contribution in [3.63, 3.8) is 0 Å². The summed E-state index contributed by atoms with van der Waals surface area (Å²) in [6.07, 6.45) is 1.44. The lowest BCUT2D eigenvalue weighted by molar-refractivity contribution is -0.130. The Morgan fingerprint density at radius 3 is 2.91 bits per heavy atom. The zero-order chi connectivity index (χ0) is 15.9. The van der Waals surface area contributed by atoms with Gasteiger partial charge in [-0.1, -0.05) is 41.5 Å². The molecular formula is C15H16N4O3. The van der Waals surface area contributed by atoms with Crippen LogP contribution in [0.3, 0.4) is 0 Å². The topological polar surface area (TPSA) is 95.4 Å². The molecule has 0 aliphatic carbocycles. The molecule has 22 heavy (non-hydrogen) atoms. The predicted molar refractivity (Wildman–Crippen MR) is 79.9 cm³/mol. The molecule has 1 saturated heterocycles. The van der Waals surface area contributed by atoms with E-state index in [2.05, 4.69) is 16.6 Å². The third-order valence-corrected chi connectivity index (χ3v) is 3.38. The van der Waals surface area contributed by atoms with Gasteiger partial charge in [0.05, 0.1) is 6.04 Å². The number of amides is 2. The number of nitrogens with zero attached hydrogens (tertiary/aromatic N) is 4. The van der Waals surface area contributed by atoms with Gasteiger partial charge in [0, 0.05) is 4.91 Å². The number of ether oxygens (including phenoxy) is 1. The highest BCUT2D eigenvalue weighted by atomic mass is 16.6. The predicted octanol–water partition coefficient (Wildman–Crippen LogP) is 2.83. The number of hydrogen-bond donors (Lipinski definition) is 0. The fourth-order valence-corrected chi connectivity index (χ4v) is 2.35. The summed E-state index contributed by atoms with van der Waals surface area (Å²) >= 11 is 0. The molecule has 1 aromatic carbocycles. The number of carbonyl (C=O) groups excluding carboxylic acids is 2. The molecule has 7 nitrogen and oxygen atoms in total. The quantitative estimate of drug-likeness (QED) is 0.350. The lowest BCUT2D eigenvalue weighted by Gasteiger charge is -2.22. The van der Waals surface area contributed by atoms with E-state index in [4.69, 9.17) is 10.3 Å². The molecule has 0 saturated carbocycles. The van der Waals surface area contributed by atoms with Crippen molar-refractivity contribution in [2.45, 2.75) is 24.9 Å². The summed E-state index contributed by atoms with van der Waals surface area (Å²) in [6, 6.07) is 8.12. The largest absolute Gasteiger partial charge is 0.447 e. The van der Waals surface area contributed by atoms with E-state index in [1.165, 1.54) is 6.08 Å². The van der Waals surface area contributed by atoms with E-state index in [0.29, 0.717) is 6.42 Å². The van der Waals surface area contributed by atoms with Gasteiger partial charge in [-0.15, -0.1) is 6.58 Å². The first-order valence-electron chi connectivity index (χ1n) is 6.86. The van der Waals surface area contributed by atoms with Crippen LogP contribution in [0.15, 0.2) is 48.1 Å². The third-order valence-electron chi connectivity index (χ3n) is 3.38. The van der Waals surface area contributed by atoms with Crippen molar-refractivity contribution >= 4 is 12.0 Å². The molecule has 2 rings (SSSR count). The Bertz CT molecular complexity index is 610. The van der Waals surface area contributed by atoms with Crippen LogP contribution < -0.4 is 0 Å². The van der Waals surface area contributed by atoms with Crippen LogP contribution >= 0.6 is 0 Å². The van der Waals surface area contributed by atoms with Crippen LogP contribution in [-0.4, -0.2) is 35.6 Å². The smallest absolute Gasteiger partial charge is 0.416 e. The molecule has 1 aliphatic heterocycles. The SMILES string of the molecule is C=CC[C@H](N=[N+]=[N-])C(=O)N1C(=O)OC[C@@H]1Cc1ccccc1. The molecule has 0 aromatic heterocycles. The van der Waals surface area contributed by atoms with E-state index in [1.54, 1.807) is 0 Å². The average molecular weight is 300 g/mol. The number of azide groups is 1. The second kappa shape index (κ2) is 7.28. The van der Waals surface area contributed by atoms with Gasteiger partial charge in [0.25, 0.3) is 0 Å². The average Bonchev–Trinajstić information content (AvgIpc) is 2.88. The second-order valence-electron chi connectivity index (χ2n) is 4.87. The molecule has 1 aromatic rings. The Labute approximate surface area is 127 Å². The third kappa shape index (κ3) is 3.45. The van der Waals surface area contributed by atoms with Gasteiger partial charge in [-0.3, -0.25) is 4.79 Å². The van der Waals surface area contributed by atoms with Gasteiger partial charge in [-0.25, -0.2) is 9.69 Å². The maximum Gasteiger partial charge on any atom is 0.416 e. The second-order valence-corrected chi connectivity index (χ2v) is 4.87. The van der Waals surface area contributed by atoms with Crippen molar-refractivity contribution in [1.82, 2.24) is 4.90 Å². The lowest BCUT2D eigenvalue weighted by atomic mass is 10.0. The van der Waals surface area contributed by atoms with Crippen LogP contribution in [0, 0.1) is 0 Å². The van der Waals surface area contributed by atoms with Crippen molar-refractivity contribution in [1.29, 1.82) is 0 Å². The van der Waals surface area contributed by atoms with Crippen molar-refractivity contribution in [2.24, 2.45) is 5.11 Å². The molecule has 0 spiro atoms. The number of imide groups is 1. The van der Waals surface area contributed by atoms with Gasteiger partial charge >= 0.3 is 6.09 Å². The fraction of sp³-hybridized carbons (Fsp3) is 0.333. The minimum atomic E-state index is -0.980. The molecule has 0 radical (unpaired) electrons. The molecule has 1 heterocycles. The zero-order valence-electron chi connectivity index (χ0n) is 12.0.